The standard InChI is InChI=1S/C17H20N2O3/c1-11(2)17(16(21)22)7-8-19(10-17)15(20)14-9-12-5-3-4-6-13(12)18-14/h3-6,9,11,18H,7-8,10H2,1-2H3,(H,21,22). The Morgan fingerprint density at radius 3 is 2.64 bits per heavy atom. The Bertz CT molecular complexity index is 701. The molecule has 5 heteroatoms. The minimum atomic E-state index is -0.832. The van der Waals surface area contributed by atoms with E-state index in [1.54, 1.807) is 4.90 Å². The van der Waals surface area contributed by atoms with Crippen molar-refractivity contribution in [2.45, 2.75) is 20.3 Å². The summed E-state index contributed by atoms with van der Waals surface area (Å²) in [7, 11) is 0. The van der Waals surface area contributed by atoms with Crippen LogP contribution in [0.4, 0.5) is 0 Å². The van der Waals surface area contributed by atoms with Crippen LogP contribution in [0.1, 0.15) is 30.8 Å². The van der Waals surface area contributed by atoms with Gasteiger partial charge in [0.2, 0.25) is 0 Å². The van der Waals surface area contributed by atoms with Gasteiger partial charge in [0.25, 0.3) is 5.91 Å². The molecule has 0 radical (unpaired) electrons. The first-order chi connectivity index (χ1) is 10.4. The van der Waals surface area contributed by atoms with Crippen LogP contribution in [0.15, 0.2) is 30.3 Å². The van der Waals surface area contributed by atoms with Gasteiger partial charge in [-0.15, -0.1) is 0 Å². The predicted molar refractivity (Wildman–Crippen MR) is 83.7 cm³/mol. The van der Waals surface area contributed by atoms with Crippen molar-refractivity contribution in [3.05, 3.63) is 36.0 Å². The van der Waals surface area contributed by atoms with Crippen LogP contribution in [-0.2, 0) is 4.79 Å². The lowest BCUT2D eigenvalue weighted by molar-refractivity contribution is -0.150. The first-order valence-corrected chi connectivity index (χ1v) is 7.54. The molecule has 0 aliphatic carbocycles. The number of amides is 1. The quantitative estimate of drug-likeness (QED) is 0.915. The van der Waals surface area contributed by atoms with E-state index in [0.29, 0.717) is 18.7 Å². The van der Waals surface area contributed by atoms with Crippen molar-refractivity contribution in [3.63, 3.8) is 0 Å². The van der Waals surface area contributed by atoms with Crippen LogP contribution in [0, 0.1) is 11.3 Å². The molecule has 0 spiro atoms. The van der Waals surface area contributed by atoms with Crippen molar-refractivity contribution in [2.75, 3.05) is 13.1 Å². The number of hydrogen-bond acceptors (Lipinski definition) is 2. The van der Waals surface area contributed by atoms with Crippen molar-refractivity contribution >= 4 is 22.8 Å². The largest absolute Gasteiger partial charge is 0.481 e. The molecular formula is C17H20N2O3. The molecule has 1 aromatic carbocycles. The highest BCUT2D eigenvalue weighted by Gasteiger charge is 2.48. The number of nitrogens with zero attached hydrogens (tertiary/aromatic N) is 1. The van der Waals surface area contributed by atoms with Crippen molar-refractivity contribution < 1.29 is 14.7 Å². The summed E-state index contributed by atoms with van der Waals surface area (Å²) in [5.74, 6) is -0.945. The van der Waals surface area contributed by atoms with Crippen molar-refractivity contribution in [1.82, 2.24) is 9.88 Å². The Morgan fingerprint density at radius 2 is 2.05 bits per heavy atom. The Labute approximate surface area is 128 Å². The van der Waals surface area contributed by atoms with E-state index >= 15 is 0 Å². The number of aliphatic carboxylic acids is 1. The first kappa shape index (κ1) is 14.6. The molecule has 2 aromatic rings. The van der Waals surface area contributed by atoms with Crippen LogP contribution in [0.5, 0.6) is 0 Å². The second-order valence-electron chi connectivity index (χ2n) is 6.36. The zero-order valence-electron chi connectivity index (χ0n) is 12.8. The summed E-state index contributed by atoms with van der Waals surface area (Å²) in [6.45, 7) is 4.57. The number of aromatic nitrogens is 1. The van der Waals surface area contributed by atoms with Crippen LogP contribution in [0.25, 0.3) is 10.9 Å². The molecule has 1 fully saturated rings. The monoisotopic (exact) mass is 300 g/mol. The average molecular weight is 300 g/mol. The Morgan fingerprint density at radius 1 is 1.32 bits per heavy atom. The maximum Gasteiger partial charge on any atom is 0.311 e. The second-order valence-corrected chi connectivity index (χ2v) is 6.36. The molecule has 1 amide bonds. The third-order valence-corrected chi connectivity index (χ3v) is 4.88. The van der Waals surface area contributed by atoms with E-state index in [0.717, 1.165) is 10.9 Å². The molecule has 116 valence electrons. The highest BCUT2D eigenvalue weighted by Crippen LogP contribution is 2.38. The normalized spacial score (nSPS) is 21.7. The van der Waals surface area contributed by atoms with E-state index in [4.69, 9.17) is 0 Å². The number of rotatable bonds is 3. The van der Waals surface area contributed by atoms with Crippen LogP contribution in [-0.4, -0.2) is 40.0 Å². The van der Waals surface area contributed by atoms with Gasteiger partial charge in [0.05, 0.1) is 5.41 Å². The van der Waals surface area contributed by atoms with Gasteiger partial charge in [-0.3, -0.25) is 9.59 Å². The molecular weight excluding hydrogens is 280 g/mol. The summed E-state index contributed by atoms with van der Waals surface area (Å²) in [5.41, 5.74) is 0.603. The Hall–Kier alpha value is -2.30. The number of carboxylic acid groups (broad SMARTS) is 1. The summed E-state index contributed by atoms with van der Waals surface area (Å²) in [6, 6.07) is 9.54. The average Bonchev–Trinajstić information content (AvgIpc) is 3.11. The minimum absolute atomic E-state index is 0.00878. The number of carbonyl (C=O) groups excluding carboxylic acids is 1. The van der Waals surface area contributed by atoms with Gasteiger partial charge in [0.15, 0.2) is 0 Å². The van der Waals surface area contributed by atoms with Gasteiger partial charge in [-0.2, -0.15) is 0 Å². The third kappa shape index (κ3) is 2.17. The molecule has 1 aliphatic rings. The predicted octanol–water partition coefficient (Wildman–Crippen LogP) is 2.74. The molecule has 1 aliphatic heterocycles. The smallest absolute Gasteiger partial charge is 0.311 e. The van der Waals surface area contributed by atoms with E-state index in [1.807, 2.05) is 44.2 Å². The van der Waals surface area contributed by atoms with Crippen LogP contribution in [0.3, 0.4) is 0 Å². The molecule has 2 heterocycles. The van der Waals surface area contributed by atoms with Gasteiger partial charge in [0, 0.05) is 24.0 Å². The fourth-order valence-corrected chi connectivity index (χ4v) is 3.26. The van der Waals surface area contributed by atoms with E-state index < -0.39 is 11.4 Å². The lowest BCUT2D eigenvalue weighted by Gasteiger charge is -2.28. The zero-order chi connectivity index (χ0) is 15.9. The molecule has 1 aromatic heterocycles. The maximum absolute atomic E-state index is 12.7. The minimum Gasteiger partial charge on any atom is -0.481 e. The van der Waals surface area contributed by atoms with Gasteiger partial charge < -0.3 is 15.0 Å². The van der Waals surface area contributed by atoms with Crippen LogP contribution < -0.4 is 0 Å². The Kier molecular flexibility index (Phi) is 3.43. The van der Waals surface area contributed by atoms with E-state index in [-0.39, 0.29) is 18.4 Å². The maximum atomic E-state index is 12.7. The number of H-pyrrole nitrogens is 1. The summed E-state index contributed by atoms with van der Waals surface area (Å²) in [4.78, 5) is 29.1. The van der Waals surface area contributed by atoms with E-state index in [2.05, 4.69) is 4.98 Å². The summed E-state index contributed by atoms with van der Waals surface area (Å²) in [6.07, 6.45) is 0.506. The summed E-state index contributed by atoms with van der Waals surface area (Å²) < 4.78 is 0. The molecule has 2 N–H and O–H groups in total. The fraction of sp³-hybridized carbons (Fsp3) is 0.412. The first-order valence-electron chi connectivity index (χ1n) is 7.54. The van der Waals surface area contributed by atoms with Crippen LogP contribution in [0.2, 0.25) is 0 Å². The molecule has 0 bridgehead atoms. The van der Waals surface area contributed by atoms with Crippen molar-refractivity contribution in [2.24, 2.45) is 11.3 Å². The van der Waals surface area contributed by atoms with Gasteiger partial charge in [-0.1, -0.05) is 32.0 Å². The zero-order valence-corrected chi connectivity index (χ0v) is 12.8. The number of carbonyl (C=O) groups is 2. The number of aromatic amines is 1. The SMILES string of the molecule is CC(C)C1(C(=O)O)CCN(C(=O)c2cc3ccccc3[nH]2)C1. The highest BCUT2D eigenvalue weighted by atomic mass is 16.4. The van der Waals surface area contributed by atoms with Crippen molar-refractivity contribution in [3.8, 4) is 0 Å². The number of likely N-dealkylation sites (tertiary alicyclic amines) is 1. The highest BCUT2D eigenvalue weighted by molar-refractivity contribution is 5.98. The molecule has 1 atom stereocenters. The van der Waals surface area contributed by atoms with Crippen LogP contribution >= 0.6 is 0 Å². The molecule has 22 heavy (non-hydrogen) atoms. The van der Waals surface area contributed by atoms with Gasteiger partial charge >= 0.3 is 5.97 Å². The van der Waals surface area contributed by atoms with E-state index in [9.17, 15) is 14.7 Å². The number of hydrogen-bond donors (Lipinski definition) is 2. The number of nitrogens with one attached hydrogen (secondary N) is 1. The Balaban J connectivity index is 1.86. The topological polar surface area (TPSA) is 73.4 Å². The summed E-state index contributed by atoms with van der Waals surface area (Å²) >= 11 is 0. The van der Waals surface area contributed by atoms with Gasteiger partial charge in [-0.05, 0) is 24.5 Å². The third-order valence-electron chi connectivity index (χ3n) is 4.88. The van der Waals surface area contributed by atoms with E-state index in [1.165, 1.54) is 0 Å². The lowest BCUT2D eigenvalue weighted by atomic mass is 9.76. The van der Waals surface area contributed by atoms with Gasteiger partial charge in [-0.25, -0.2) is 0 Å². The lowest BCUT2D eigenvalue weighted by Crippen LogP contribution is -2.40. The molecule has 3 rings (SSSR count). The molecule has 1 saturated heterocycles. The number of carboxylic acids is 1. The number of para-hydroxylation sites is 1. The van der Waals surface area contributed by atoms with Gasteiger partial charge in [0.1, 0.15) is 5.69 Å². The molecule has 0 saturated carbocycles. The number of fused-ring (bicyclic) bond motifs is 1. The molecule has 5 nitrogen and oxygen atoms in total. The number of benzene rings is 1. The second kappa shape index (κ2) is 5.16. The molecule has 1 unspecified atom stereocenters. The summed E-state index contributed by atoms with van der Waals surface area (Å²) in [5, 5.41) is 10.6. The fourth-order valence-electron chi connectivity index (χ4n) is 3.26. The van der Waals surface area contributed by atoms with Crippen molar-refractivity contribution in [1.29, 1.82) is 0 Å².